The van der Waals surface area contributed by atoms with Gasteiger partial charge in [0.05, 0.1) is 6.54 Å². The lowest BCUT2D eigenvalue weighted by atomic mass is 10.0. The van der Waals surface area contributed by atoms with Crippen LogP contribution in [-0.4, -0.2) is 72.5 Å². The number of likely N-dealkylation sites (tertiary alicyclic amines) is 2. The molecule has 4 heteroatoms. The summed E-state index contributed by atoms with van der Waals surface area (Å²) >= 11 is 0. The molecule has 2 saturated heterocycles. The first-order chi connectivity index (χ1) is 10.1. The fraction of sp³-hybridized carbons (Fsp3) is 0.941. The summed E-state index contributed by atoms with van der Waals surface area (Å²) in [6.07, 6.45) is 8.04. The van der Waals surface area contributed by atoms with E-state index in [1.807, 2.05) is 11.9 Å². The first kappa shape index (κ1) is 16.8. The number of rotatable bonds is 4. The van der Waals surface area contributed by atoms with Crippen LogP contribution < -0.4 is 0 Å². The fourth-order valence-corrected chi connectivity index (χ4v) is 3.52. The van der Waals surface area contributed by atoms with Crippen LogP contribution in [0, 0.1) is 0 Å². The Hall–Kier alpha value is -0.610. The zero-order valence-corrected chi connectivity index (χ0v) is 14.2. The Morgan fingerprint density at radius 3 is 2.38 bits per heavy atom. The van der Waals surface area contributed by atoms with Gasteiger partial charge in [-0.05, 0) is 59.2 Å². The highest BCUT2D eigenvalue weighted by atomic mass is 16.2. The average molecular weight is 295 g/mol. The van der Waals surface area contributed by atoms with Crippen molar-refractivity contribution in [2.45, 2.75) is 64.5 Å². The monoisotopic (exact) mass is 295 g/mol. The summed E-state index contributed by atoms with van der Waals surface area (Å²) in [7, 11) is 1.92. The van der Waals surface area contributed by atoms with Gasteiger partial charge in [-0.15, -0.1) is 0 Å². The van der Waals surface area contributed by atoms with Crippen LogP contribution in [0.4, 0.5) is 0 Å². The molecule has 2 rings (SSSR count). The second kappa shape index (κ2) is 8.14. The SMILES string of the molecule is CC(C)N(C)C(=O)CN1CCC[C@@H](N2CCCCCC2)C1. The maximum absolute atomic E-state index is 12.3. The van der Waals surface area contributed by atoms with E-state index >= 15 is 0 Å². The van der Waals surface area contributed by atoms with Crippen LogP contribution in [0.5, 0.6) is 0 Å². The van der Waals surface area contributed by atoms with Gasteiger partial charge in [0.1, 0.15) is 0 Å². The quantitative estimate of drug-likeness (QED) is 0.795. The largest absolute Gasteiger partial charge is 0.342 e. The van der Waals surface area contributed by atoms with Gasteiger partial charge in [0.15, 0.2) is 0 Å². The summed E-state index contributed by atoms with van der Waals surface area (Å²) in [5, 5.41) is 0. The van der Waals surface area contributed by atoms with Crippen LogP contribution in [0.1, 0.15) is 52.4 Å². The van der Waals surface area contributed by atoms with E-state index in [4.69, 9.17) is 0 Å². The van der Waals surface area contributed by atoms with Crippen LogP contribution in [0.3, 0.4) is 0 Å². The molecule has 0 saturated carbocycles. The molecule has 1 amide bonds. The van der Waals surface area contributed by atoms with Gasteiger partial charge in [-0.2, -0.15) is 0 Å². The highest BCUT2D eigenvalue weighted by Crippen LogP contribution is 2.20. The number of amides is 1. The third kappa shape index (κ3) is 4.96. The van der Waals surface area contributed by atoms with E-state index in [-0.39, 0.29) is 5.91 Å². The van der Waals surface area contributed by atoms with Crippen molar-refractivity contribution in [2.24, 2.45) is 0 Å². The van der Waals surface area contributed by atoms with Crippen molar-refractivity contribution in [3.05, 3.63) is 0 Å². The normalized spacial score (nSPS) is 25.8. The van der Waals surface area contributed by atoms with Crippen molar-refractivity contribution in [1.82, 2.24) is 14.7 Å². The molecule has 0 radical (unpaired) electrons. The molecule has 0 N–H and O–H groups in total. The molecule has 2 fully saturated rings. The van der Waals surface area contributed by atoms with Gasteiger partial charge in [0.25, 0.3) is 0 Å². The Labute approximate surface area is 130 Å². The van der Waals surface area contributed by atoms with Crippen molar-refractivity contribution in [3.63, 3.8) is 0 Å². The number of nitrogens with zero attached hydrogens (tertiary/aromatic N) is 3. The number of hydrogen-bond donors (Lipinski definition) is 0. The van der Waals surface area contributed by atoms with Gasteiger partial charge in [0, 0.05) is 25.7 Å². The summed E-state index contributed by atoms with van der Waals surface area (Å²) in [4.78, 5) is 19.2. The average Bonchev–Trinajstić information content (AvgIpc) is 2.75. The highest BCUT2D eigenvalue weighted by molar-refractivity contribution is 5.78. The van der Waals surface area contributed by atoms with Crippen LogP contribution in [0.2, 0.25) is 0 Å². The fourth-order valence-electron chi connectivity index (χ4n) is 3.52. The lowest BCUT2D eigenvalue weighted by Crippen LogP contribution is -2.51. The van der Waals surface area contributed by atoms with E-state index in [0.717, 1.165) is 13.1 Å². The number of piperidine rings is 1. The minimum absolute atomic E-state index is 0.265. The molecule has 21 heavy (non-hydrogen) atoms. The number of likely N-dealkylation sites (N-methyl/N-ethyl adjacent to an activating group) is 1. The molecule has 2 heterocycles. The zero-order chi connectivity index (χ0) is 15.2. The number of carbonyl (C=O) groups excluding carboxylic acids is 1. The molecule has 0 bridgehead atoms. The maximum Gasteiger partial charge on any atom is 0.236 e. The van der Waals surface area contributed by atoms with E-state index in [2.05, 4.69) is 23.6 Å². The van der Waals surface area contributed by atoms with E-state index in [9.17, 15) is 4.79 Å². The van der Waals surface area contributed by atoms with Crippen LogP contribution >= 0.6 is 0 Å². The zero-order valence-electron chi connectivity index (χ0n) is 14.2. The van der Waals surface area contributed by atoms with Gasteiger partial charge in [-0.25, -0.2) is 0 Å². The van der Waals surface area contributed by atoms with Gasteiger partial charge in [0.2, 0.25) is 5.91 Å². The lowest BCUT2D eigenvalue weighted by molar-refractivity contribution is -0.133. The van der Waals surface area contributed by atoms with Crippen molar-refractivity contribution >= 4 is 5.91 Å². The Morgan fingerprint density at radius 1 is 1.10 bits per heavy atom. The summed E-state index contributed by atoms with van der Waals surface area (Å²) in [6, 6.07) is 0.970. The van der Waals surface area contributed by atoms with Gasteiger partial charge < -0.3 is 4.90 Å². The molecule has 2 aliphatic heterocycles. The molecule has 1 atom stereocenters. The summed E-state index contributed by atoms with van der Waals surface area (Å²) in [5.41, 5.74) is 0. The Bertz CT molecular complexity index is 324. The molecule has 4 nitrogen and oxygen atoms in total. The topological polar surface area (TPSA) is 26.8 Å². The standard InChI is InChI=1S/C17H33N3O/c1-15(2)18(3)17(21)14-19-10-8-9-16(13-19)20-11-6-4-5-7-12-20/h15-16H,4-14H2,1-3H3/t16-/m1/s1. The minimum Gasteiger partial charge on any atom is -0.342 e. The number of hydrogen-bond acceptors (Lipinski definition) is 3. The highest BCUT2D eigenvalue weighted by Gasteiger charge is 2.27. The second-order valence-electron chi connectivity index (χ2n) is 7.08. The second-order valence-corrected chi connectivity index (χ2v) is 7.08. The summed E-state index contributed by atoms with van der Waals surface area (Å²) in [5.74, 6) is 0.265. The number of carbonyl (C=O) groups is 1. The van der Waals surface area contributed by atoms with Crippen LogP contribution in [-0.2, 0) is 4.79 Å². The molecule has 0 aromatic rings. The van der Waals surface area contributed by atoms with Crippen molar-refractivity contribution in [3.8, 4) is 0 Å². The van der Waals surface area contributed by atoms with E-state index in [0.29, 0.717) is 18.6 Å². The van der Waals surface area contributed by atoms with Crippen LogP contribution in [0.15, 0.2) is 0 Å². The Kier molecular flexibility index (Phi) is 6.49. The first-order valence-electron chi connectivity index (χ1n) is 8.80. The van der Waals surface area contributed by atoms with Crippen molar-refractivity contribution < 1.29 is 4.79 Å². The molecule has 0 aromatic heterocycles. The molecule has 2 aliphatic rings. The molecular weight excluding hydrogens is 262 g/mol. The molecular formula is C17H33N3O. The van der Waals surface area contributed by atoms with Gasteiger partial charge in [-0.1, -0.05) is 12.8 Å². The third-order valence-corrected chi connectivity index (χ3v) is 5.16. The van der Waals surface area contributed by atoms with Gasteiger partial charge >= 0.3 is 0 Å². The van der Waals surface area contributed by atoms with Crippen molar-refractivity contribution in [1.29, 1.82) is 0 Å². The third-order valence-electron chi connectivity index (χ3n) is 5.16. The van der Waals surface area contributed by atoms with Crippen LogP contribution in [0.25, 0.3) is 0 Å². The van der Waals surface area contributed by atoms with Gasteiger partial charge in [-0.3, -0.25) is 14.6 Å². The molecule has 0 spiro atoms. The Morgan fingerprint density at radius 2 is 1.76 bits per heavy atom. The summed E-state index contributed by atoms with van der Waals surface area (Å²) < 4.78 is 0. The predicted molar refractivity (Wildman–Crippen MR) is 87.4 cm³/mol. The van der Waals surface area contributed by atoms with Crippen molar-refractivity contribution in [2.75, 3.05) is 39.8 Å². The summed E-state index contributed by atoms with van der Waals surface area (Å²) in [6.45, 7) is 9.44. The van der Waals surface area contributed by atoms with E-state index in [1.54, 1.807) is 0 Å². The Balaban J connectivity index is 1.84. The molecule has 0 aromatic carbocycles. The van der Waals surface area contributed by atoms with E-state index < -0.39 is 0 Å². The molecule has 122 valence electrons. The maximum atomic E-state index is 12.3. The minimum atomic E-state index is 0.265. The van der Waals surface area contributed by atoms with E-state index in [1.165, 1.54) is 51.6 Å². The lowest BCUT2D eigenvalue weighted by Gasteiger charge is -2.39. The molecule has 0 aliphatic carbocycles. The molecule has 0 unspecified atom stereocenters. The predicted octanol–water partition coefficient (Wildman–Crippen LogP) is 2.19. The first-order valence-corrected chi connectivity index (χ1v) is 8.80. The smallest absolute Gasteiger partial charge is 0.236 e.